The lowest BCUT2D eigenvalue weighted by Gasteiger charge is -2.27. The molecule has 1 aliphatic carbocycles. The van der Waals surface area contributed by atoms with Gasteiger partial charge < -0.3 is 15.6 Å². The predicted octanol–water partition coefficient (Wildman–Crippen LogP) is 5.50. The Labute approximate surface area is 201 Å². The highest BCUT2D eigenvalue weighted by Crippen LogP contribution is 2.57. The number of hydrazine groups is 1. The molecule has 4 rings (SSSR count). The Kier molecular flexibility index (Phi) is 6.38. The third kappa shape index (κ3) is 4.70. The molecule has 0 aliphatic heterocycles. The van der Waals surface area contributed by atoms with Crippen molar-refractivity contribution < 1.29 is 30.7 Å². The van der Waals surface area contributed by atoms with E-state index in [9.17, 15) is 26.3 Å². The maximum absolute atomic E-state index is 15.0. The van der Waals surface area contributed by atoms with E-state index < -0.39 is 36.2 Å². The second-order valence-electron chi connectivity index (χ2n) is 8.47. The van der Waals surface area contributed by atoms with Crippen LogP contribution >= 0.6 is 0 Å². The molecule has 0 radical (unpaired) electrons. The Morgan fingerprint density at radius 1 is 1.14 bits per heavy atom. The monoisotopic (exact) mass is 511 g/mol. The highest BCUT2D eigenvalue weighted by molar-refractivity contribution is 6.05. The number of pyridine rings is 1. The van der Waals surface area contributed by atoms with Crippen LogP contribution in [0.5, 0.6) is 0 Å². The molecule has 0 spiro atoms. The molecule has 2 aromatic carbocycles. The summed E-state index contributed by atoms with van der Waals surface area (Å²) < 4.78 is 96.5. The molecule has 190 valence electrons. The maximum atomic E-state index is 15.0. The van der Waals surface area contributed by atoms with E-state index in [1.165, 1.54) is 19.2 Å². The summed E-state index contributed by atoms with van der Waals surface area (Å²) in [6.45, 7) is -1.05. The summed E-state index contributed by atoms with van der Waals surface area (Å²) in [5, 5.41) is 1.06. The summed E-state index contributed by atoms with van der Waals surface area (Å²) in [7, 11) is 1.43. The molecular formula is C24H20F7N5. The van der Waals surface area contributed by atoms with Gasteiger partial charge in [-0.2, -0.15) is 13.2 Å². The maximum Gasteiger partial charge on any atom is 0.405 e. The first-order valence-corrected chi connectivity index (χ1v) is 10.7. The van der Waals surface area contributed by atoms with E-state index in [1.54, 1.807) is 0 Å². The number of anilines is 4. The summed E-state index contributed by atoms with van der Waals surface area (Å²) in [6, 6.07) is 6.81. The van der Waals surface area contributed by atoms with Crippen molar-refractivity contribution in [2.24, 2.45) is 11.3 Å². The fourth-order valence-corrected chi connectivity index (χ4v) is 3.93. The van der Waals surface area contributed by atoms with Gasteiger partial charge in [-0.15, -0.1) is 0 Å². The van der Waals surface area contributed by atoms with Crippen LogP contribution in [0.25, 0.3) is 10.8 Å². The molecule has 3 aromatic rings. The third-order valence-electron chi connectivity index (χ3n) is 5.82. The van der Waals surface area contributed by atoms with E-state index in [-0.39, 0.29) is 52.2 Å². The van der Waals surface area contributed by atoms with E-state index in [4.69, 9.17) is 11.6 Å². The molecule has 1 fully saturated rings. The van der Waals surface area contributed by atoms with Crippen LogP contribution in [0.2, 0.25) is 0 Å². The molecular weight excluding hydrogens is 491 g/mol. The zero-order valence-electron chi connectivity index (χ0n) is 18.8. The van der Waals surface area contributed by atoms with Crippen LogP contribution in [0.1, 0.15) is 18.4 Å². The number of nitrogens with zero attached hydrogens (tertiary/aromatic N) is 3. The minimum absolute atomic E-state index is 0.137. The smallest absolute Gasteiger partial charge is 0.382 e. The number of alkyl halides is 5. The van der Waals surface area contributed by atoms with Gasteiger partial charge in [0.05, 0.1) is 11.9 Å². The van der Waals surface area contributed by atoms with Crippen molar-refractivity contribution in [3.8, 4) is 11.8 Å². The molecule has 12 heteroatoms. The number of hydrogen-bond acceptors (Lipinski definition) is 5. The molecule has 36 heavy (non-hydrogen) atoms. The van der Waals surface area contributed by atoms with E-state index >= 15 is 4.39 Å². The summed E-state index contributed by atoms with van der Waals surface area (Å²) in [4.78, 5) is 4.95. The molecule has 1 aliphatic rings. The lowest BCUT2D eigenvalue weighted by molar-refractivity contribution is -0.168. The summed E-state index contributed by atoms with van der Waals surface area (Å²) in [5.74, 6) is 7.95. The Morgan fingerprint density at radius 3 is 2.42 bits per heavy atom. The van der Waals surface area contributed by atoms with Crippen molar-refractivity contribution in [3.05, 3.63) is 53.6 Å². The molecule has 1 heterocycles. The molecule has 0 unspecified atom stereocenters. The number of hydrogen-bond donors (Lipinski definition) is 2. The first kappa shape index (κ1) is 25.4. The summed E-state index contributed by atoms with van der Waals surface area (Å²) >= 11 is 0. The van der Waals surface area contributed by atoms with E-state index in [2.05, 4.69) is 16.8 Å². The van der Waals surface area contributed by atoms with Crippen LogP contribution < -0.4 is 21.5 Å². The normalized spacial score (nSPS) is 14.5. The molecule has 0 amide bonds. The molecule has 0 atom stereocenters. The average molecular weight is 511 g/mol. The number of benzene rings is 2. The van der Waals surface area contributed by atoms with Gasteiger partial charge in [0.1, 0.15) is 28.6 Å². The number of halogens is 7. The SMILES string of the molecule is CN(N)c1c(N)nc(N(CC(F)F)c2cc(F)cc(C#CC3(C(F)(F)F)CC3)c2)c2c(F)cccc12. The van der Waals surface area contributed by atoms with Gasteiger partial charge in [0.25, 0.3) is 6.43 Å². The van der Waals surface area contributed by atoms with Crippen molar-refractivity contribution in [3.63, 3.8) is 0 Å². The third-order valence-corrected chi connectivity index (χ3v) is 5.82. The highest BCUT2D eigenvalue weighted by Gasteiger charge is 2.62. The minimum atomic E-state index is -4.55. The Bertz CT molecular complexity index is 1370. The Balaban J connectivity index is 1.90. The van der Waals surface area contributed by atoms with Gasteiger partial charge in [0, 0.05) is 23.7 Å². The first-order chi connectivity index (χ1) is 16.8. The van der Waals surface area contributed by atoms with Crippen molar-refractivity contribution in [2.75, 3.05) is 29.2 Å². The van der Waals surface area contributed by atoms with E-state index in [0.717, 1.165) is 34.2 Å². The molecule has 0 bridgehead atoms. The van der Waals surface area contributed by atoms with Gasteiger partial charge in [-0.25, -0.2) is 28.4 Å². The zero-order valence-corrected chi connectivity index (χ0v) is 18.8. The van der Waals surface area contributed by atoms with E-state index in [0.29, 0.717) is 0 Å². The summed E-state index contributed by atoms with van der Waals surface area (Å²) in [6.07, 6.45) is -7.89. The number of aromatic nitrogens is 1. The van der Waals surface area contributed by atoms with Gasteiger partial charge in [-0.3, -0.25) is 0 Å². The minimum Gasteiger partial charge on any atom is -0.382 e. The largest absolute Gasteiger partial charge is 0.405 e. The quantitative estimate of drug-likeness (QED) is 0.205. The number of fused-ring (bicyclic) bond motifs is 1. The molecule has 1 saturated carbocycles. The lowest BCUT2D eigenvalue weighted by Crippen LogP contribution is -2.29. The predicted molar refractivity (Wildman–Crippen MR) is 123 cm³/mol. The fraction of sp³-hybridized carbons (Fsp3) is 0.292. The van der Waals surface area contributed by atoms with Crippen molar-refractivity contribution in [2.45, 2.75) is 25.4 Å². The average Bonchev–Trinajstić information content (AvgIpc) is 3.56. The van der Waals surface area contributed by atoms with Gasteiger partial charge in [0.2, 0.25) is 0 Å². The van der Waals surface area contributed by atoms with Crippen molar-refractivity contribution in [1.82, 2.24) is 4.98 Å². The molecule has 1 aromatic heterocycles. The second-order valence-corrected chi connectivity index (χ2v) is 8.47. The lowest BCUT2D eigenvalue weighted by atomic mass is 10.1. The van der Waals surface area contributed by atoms with Crippen LogP contribution in [-0.4, -0.2) is 31.2 Å². The first-order valence-electron chi connectivity index (χ1n) is 10.7. The zero-order chi connectivity index (χ0) is 26.4. The summed E-state index contributed by atoms with van der Waals surface area (Å²) in [5.41, 5.74) is 3.60. The Hall–Kier alpha value is -3.72. The van der Waals surface area contributed by atoms with Gasteiger partial charge in [-0.1, -0.05) is 24.0 Å². The van der Waals surface area contributed by atoms with Crippen LogP contribution in [0, 0.1) is 28.9 Å². The van der Waals surface area contributed by atoms with Crippen LogP contribution in [0.3, 0.4) is 0 Å². The number of nitrogen functional groups attached to an aromatic ring is 1. The second kappa shape index (κ2) is 9.05. The highest BCUT2D eigenvalue weighted by atomic mass is 19.4. The topological polar surface area (TPSA) is 71.4 Å². The van der Waals surface area contributed by atoms with Gasteiger partial charge in [-0.05, 0) is 37.1 Å². The molecule has 5 nitrogen and oxygen atoms in total. The molecule has 0 saturated heterocycles. The van der Waals surface area contributed by atoms with Gasteiger partial charge >= 0.3 is 6.18 Å². The van der Waals surface area contributed by atoms with Crippen LogP contribution in [0.4, 0.5) is 53.7 Å². The fourth-order valence-electron chi connectivity index (χ4n) is 3.93. The number of rotatable bonds is 5. The van der Waals surface area contributed by atoms with Crippen LogP contribution in [0.15, 0.2) is 36.4 Å². The molecule has 4 N–H and O–H groups in total. The van der Waals surface area contributed by atoms with Crippen molar-refractivity contribution >= 4 is 33.8 Å². The van der Waals surface area contributed by atoms with Crippen LogP contribution in [-0.2, 0) is 0 Å². The van der Waals surface area contributed by atoms with E-state index in [1.807, 2.05) is 0 Å². The Morgan fingerprint density at radius 2 is 1.83 bits per heavy atom. The standard InChI is InChI=1S/C24H20F7N5/c1-35(33)20-16-3-2-4-17(26)19(16)22(34-21(20)32)36(12-18(27)28)15-10-13(9-14(25)11-15)5-6-23(7-8-23)24(29,30)31/h2-4,9-11,18H,7-8,12,33H2,1H3,(H2,32,34). The van der Waals surface area contributed by atoms with Gasteiger partial charge in [0.15, 0.2) is 5.82 Å². The number of nitrogens with two attached hydrogens (primary N) is 2. The van der Waals surface area contributed by atoms with Crippen molar-refractivity contribution in [1.29, 1.82) is 0 Å².